The molecular formula is C16H15Cl2N3O2. The van der Waals surface area contributed by atoms with Crippen LogP contribution < -0.4 is 10.6 Å². The summed E-state index contributed by atoms with van der Waals surface area (Å²) in [4.78, 5) is 27.7. The zero-order valence-electron chi connectivity index (χ0n) is 12.6. The first-order chi connectivity index (χ1) is 10.9. The van der Waals surface area contributed by atoms with E-state index in [1.807, 2.05) is 32.0 Å². The van der Waals surface area contributed by atoms with Crippen molar-refractivity contribution < 1.29 is 9.59 Å². The Morgan fingerprint density at radius 1 is 1.17 bits per heavy atom. The predicted octanol–water partition coefficient (Wildman–Crippen LogP) is 3.37. The molecule has 0 aliphatic rings. The van der Waals surface area contributed by atoms with Crippen molar-refractivity contribution in [2.75, 3.05) is 11.9 Å². The molecule has 1 heterocycles. The average molecular weight is 352 g/mol. The van der Waals surface area contributed by atoms with Crippen LogP contribution in [0.5, 0.6) is 0 Å². The zero-order valence-corrected chi connectivity index (χ0v) is 14.1. The van der Waals surface area contributed by atoms with E-state index < -0.39 is 5.91 Å². The van der Waals surface area contributed by atoms with Gasteiger partial charge in [-0.05, 0) is 31.0 Å². The van der Waals surface area contributed by atoms with Gasteiger partial charge in [0.2, 0.25) is 5.91 Å². The fourth-order valence-corrected chi connectivity index (χ4v) is 2.27. The van der Waals surface area contributed by atoms with Crippen LogP contribution in [0.25, 0.3) is 0 Å². The van der Waals surface area contributed by atoms with Gasteiger partial charge in [-0.15, -0.1) is 0 Å². The minimum Gasteiger partial charge on any atom is -0.343 e. The molecule has 7 heteroatoms. The number of anilines is 1. The first kappa shape index (κ1) is 17.2. The van der Waals surface area contributed by atoms with Crippen LogP contribution in [0.15, 0.2) is 30.5 Å². The largest absolute Gasteiger partial charge is 0.343 e. The van der Waals surface area contributed by atoms with Gasteiger partial charge in [0.05, 0.1) is 17.1 Å². The van der Waals surface area contributed by atoms with E-state index >= 15 is 0 Å². The standard InChI is InChI=1S/C16H15Cl2N3O2/c1-9-4-3-5-10(2)14(9)21-13(22)8-20-16(23)11-6-12(17)15(18)19-7-11/h3-7H,8H2,1-2H3,(H,20,23)(H,21,22). The molecule has 2 aromatic rings. The molecule has 0 spiro atoms. The van der Waals surface area contributed by atoms with Crippen molar-refractivity contribution in [3.63, 3.8) is 0 Å². The fraction of sp³-hybridized carbons (Fsp3) is 0.188. The van der Waals surface area contributed by atoms with Gasteiger partial charge in [0.1, 0.15) is 5.15 Å². The highest BCUT2D eigenvalue weighted by Crippen LogP contribution is 2.20. The van der Waals surface area contributed by atoms with Crippen LogP contribution in [0, 0.1) is 13.8 Å². The molecule has 0 atom stereocenters. The Morgan fingerprint density at radius 2 is 1.83 bits per heavy atom. The van der Waals surface area contributed by atoms with Gasteiger partial charge in [0.15, 0.2) is 0 Å². The molecule has 0 radical (unpaired) electrons. The number of benzene rings is 1. The molecule has 2 amide bonds. The van der Waals surface area contributed by atoms with Gasteiger partial charge < -0.3 is 10.6 Å². The first-order valence-corrected chi connectivity index (χ1v) is 7.59. The molecule has 0 aliphatic carbocycles. The first-order valence-electron chi connectivity index (χ1n) is 6.84. The summed E-state index contributed by atoms with van der Waals surface area (Å²) in [6.07, 6.45) is 1.30. The number of pyridine rings is 1. The molecule has 0 saturated heterocycles. The molecule has 0 bridgehead atoms. The Labute approximate surface area is 144 Å². The summed E-state index contributed by atoms with van der Waals surface area (Å²) in [5.74, 6) is -0.767. The van der Waals surface area contributed by atoms with Crippen molar-refractivity contribution in [3.8, 4) is 0 Å². The highest BCUT2D eigenvalue weighted by atomic mass is 35.5. The summed E-state index contributed by atoms with van der Waals surface area (Å²) in [5.41, 5.74) is 2.90. The summed E-state index contributed by atoms with van der Waals surface area (Å²) >= 11 is 11.5. The monoisotopic (exact) mass is 351 g/mol. The van der Waals surface area contributed by atoms with Crippen LogP contribution >= 0.6 is 23.2 Å². The van der Waals surface area contributed by atoms with Crippen LogP contribution in [-0.4, -0.2) is 23.3 Å². The SMILES string of the molecule is Cc1cccc(C)c1NC(=O)CNC(=O)c1cnc(Cl)c(Cl)c1. The van der Waals surface area contributed by atoms with Gasteiger partial charge in [-0.25, -0.2) is 4.98 Å². The van der Waals surface area contributed by atoms with E-state index in [1.54, 1.807) is 0 Å². The second-order valence-corrected chi connectivity index (χ2v) is 5.76. The predicted molar refractivity (Wildman–Crippen MR) is 91.1 cm³/mol. The van der Waals surface area contributed by atoms with E-state index in [0.717, 1.165) is 16.8 Å². The zero-order chi connectivity index (χ0) is 17.0. The van der Waals surface area contributed by atoms with Crippen molar-refractivity contribution in [3.05, 3.63) is 57.3 Å². The lowest BCUT2D eigenvalue weighted by atomic mass is 10.1. The Balaban J connectivity index is 1.96. The second-order valence-electron chi connectivity index (χ2n) is 4.99. The number of nitrogens with zero attached hydrogens (tertiary/aromatic N) is 1. The lowest BCUT2D eigenvalue weighted by Gasteiger charge is -2.12. The van der Waals surface area contributed by atoms with Crippen LogP contribution in [0.2, 0.25) is 10.2 Å². The van der Waals surface area contributed by atoms with Crippen molar-refractivity contribution in [1.82, 2.24) is 10.3 Å². The molecule has 23 heavy (non-hydrogen) atoms. The van der Waals surface area contributed by atoms with E-state index in [4.69, 9.17) is 23.2 Å². The number of hydrogen-bond acceptors (Lipinski definition) is 3. The van der Waals surface area contributed by atoms with Crippen LogP contribution in [0.3, 0.4) is 0 Å². The fourth-order valence-electron chi connectivity index (χ4n) is 2.00. The molecule has 0 aliphatic heterocycles. The van der Waals surface area contributed by atoms with E-state index in [2.05, 4.69) is 15.6 Å². The van der Waals surface area contributed by atoms with E-state index in [0.29, 0.717) is 0 Å². The summed E-state index contributed by atoms with van der Waals surface area (Å²) in [6, 6.07) is 7.13. The molecule has 1 aromatic carbocycles. The maximum atomic E-state index is 12.0. The van der Waals surface area contributed by atoms with Crippen molar-refractivity contribution in [1.29, 1.82) is 0 Å². The van der Waals surface area contributed by atoms with Crippen LogP contribution in [0.4, 0.5) is 5.69 Å². The number of halogens is 2. The van der Waals surface area contributed by atoms with Crippen molar-refractivity contribution >= 4 is 40.7 Å². The Morgan fingerprint density at radius 3 is 2.43 bits per heavy atom. The number of aryl methyl sites for hydroxylation is 2. The normalized spacial score (nSPS) is 10.3. The van der Waals surface area contributed by atoms with Crippen LogP contribution in [-0.2, 0) is 4.79 Å². The van der Waals surface area contributed by atoms with E-state index in [-0.39, 0.29) is 28.2 Å². The Kier molecular flexibility index (Phi) is 5.58. The van der Waals surface area contributed by atoms with E-state index in [1.165, 1.54) is 12.3 Å². The molecule has 0 saturated carbocycles. The summed E-state index contributed by atoms with van der Waals surface area (Å²) < 4.78 is 0. The number of hydrogen-bond donors (Lipinski definition) is 2. The minimum atomic E-state index is -0.451. The number of nitrogens with one attached hydrogen (secondary N) is 2. The third-order valence-corrected chi connectivity index (χ3v) is 3.90. The maximum absolute atomic E-state index is 12.0. The number of amides is 2. The highest BCUT2D eigenvalue weighted by molar-refractivity contribution is 6.41. The molecular weight excluding hydrogens is 337 g/mol. The van der Waals surface area contributed by atoms with Gasteiger partial charge in [0.25, 0.3) is 5.91 Å². The Bertz CT molecular complexity index is 743. The summed E-state index contributed by atoms with van der Waals surface area (Å²) in [7, 11) is 0. The van der Waals surface area contributed by atoms with Gasteiger partial charge in [-0.1, -0.05) is 41.4 Å². The van der Waals surface area contributed by atoms with Gasteiger partial charge in [-0.3, -0.25) is 9.59 Å². The number of carbonyl (C=O) groups is 2. The molecule has 2 N–H and O–H groups in total. The van der Waals surface area contributed by atoms with Gasteiger partial charge >= 0.3 is 0 Å². The van der Waals surface area contributed by atoms with Crippen LogP contribution in [0.1, 0.15) is 21.5 Å². The number of para-hydroxylation sites is 1. The van der Waals surface area contributed by atoms with Crippen molar-refractivity contribution in [2.24, 2.45) is 0 Å². The molecule has 0 fully saturated rings. The molecule has 1 aromatic heterocycles. The third-order valence-electron chi connectivity index (χ3n) is 3.21. The van der Waals surface area contributed by atoms with Gasteiger partial charge in [0, 0.05) is 11.9 Å². The molecule has 2 rings (SSSR count). The maximum Gasteiger partial charge on any atom is 0.253 e. The topological polar surface area (TPSA) is 71.1 Å². The number of rotatable bonds is 4. The highest BCUT2D eigenvalue weighted by Gasteiger charge is 2.12. The summed E-state index contributed by atoms with van der Waals surface area (Å²) in [5, 5.41) is 5.60. The van der Waals surface area contributed by atoms with Crippen molar-refractivity contribution in [2.45, 2.75) is 13.8 Å². The number of aromatic nitrogens is 1. The third kappa shape index (κ3) is 4.43. The lowest BCUT2D eigenvalue weighted by Crippen LogP contribution is -2.33. The average Bonchev–Trinajstić information content (AvgIpc) is 2.51. The van der Waals surface area contributed by atoms with Gasteiger partial charge in [-0.2, -0.15) is 0 Å². The molecule has 5 nitrogen and oxygen atoms in total. The number of carbonyl (C=O) groups excluding carboxylic acids is 2. The molecule has 120 valence electrons. The van der Waals surface area contributed by atoms with E-state index in [9.17, 15) is 9.59 Å². The smallest absolute Gasteiger partial charge is 0.253 e. The Hall–Kier alpha value is -2.11. The minimum absolute atomic E-state index is 0.121. The second kappa shape index (κ2) is 7.44. The lowest BCUT2D eigenvalue weighted by molar-refractivity contribution is -0.115. The molecule has 0 unspecified atom stereocenters. The quantitative estimate of drug-likeness (QED) is 0.829. The summed E-state index contributed by atoms with van der Waals surface area (Å²) in [6.45, 7) is 3.65.